The van der Waals surface area contributed by atoms with Crippen molar-refractivity contribution in [3.05, 3.63) is 127 Å². The molecule has 45 heavy (non-hydrogen) atoms. The number of furan rings is 2. The first-order chi connectivity index (χ1) is 22.3. The van der Waals surface area contributed by atoms with E-state index in [2.05, 4.69) is 30.3 Å². The Morgan fingerprint density at radius 2 is 1.16 bits per heavy atom. The summed E-state index contributed by atoms with van der Waals surface area (Å²) in [5, 5.41) is 5.11. The monoisotopic (exact) mass is 579 g/mol. The van der Waals surface area contributed by atoms with Crippen molar-refractivity contribution in [1.82, 2.24) is 15.0 Å². The molecule has 0 aliphatic carbocycles. The van der Waals surface area contributed by atoms with Crippen LogP contribution < -0.4 is 0 Å². The molecule has 0 aliphatic rings. The molecular formula is C39H21N3O3. The molecule has 0 spiro atoms. The molecule has 0 atom stereocenters. The summed E-state index contributed by atoms with van der Waals surface area (Å²) in [4.78, 5) is 14.9. The van der Waals surface area contributed by atoms with E-state index < -0.39 is 0 Å². The Hall–Kier alpha value is -6.27. The maximum absolute atomic E-state index is 6.49. The van der Waals surface area contributed by atoms with Gasteiger partial charge in [-0.15, -0.1) is 0 Å². The van der Waals surface area contributed by atoms with Gasteiger partial charge in [-0.3, -0.25) is 0 Å². The van der Waals surface area contributed by atoms with Crippen molar-refractivity contribution in [2.75, 3.05) is 0 Å². The molecule has 0 N–H and O–H groups in total. The molecule has 10 rings (SSSR count). The van der Waals surface area contributed by atoms with Crippen LogP contribution in [0, 0.1) is 0 Å². The molecule has 6 aromatic carbocycles. The van der Waals surface area contributed by atoms with Crippen LogP contribution in [0.1, 0.15) is 0 Å². The number of para-hydroxylation sites is 1. The highest BCUT2D eigenvalue weighted by Crippen LogP contribution is 2.41. The average molecular weight is 580 g/mol. The third kappa shape index (κ3) is 3.60. The minimum absolute atomic E-state index is 0.568. The largest absolute Gasteiger partial charge is 0.454 e. The van der Waals surface area contributed by atoms with E-state index in [4.69, 9.17) is 28.2 Å². The second kappa shape index (κ2) is 9.11. The quantitative estimate of drug-likeness (QED) is 0.207. The second-order valence-corrected chi connectivity index (χ2v) is 11.2. The van der Waals surface area contributed by atoms with Crippen LogP contribution in [0.25, 0.3) is 100.0 Å². The molecular weight excluding hydrogens is 558 g/mol. The zero-order valence-corrected chi connectivity index (χ0v) is 23.7. The Kier molecular flexibility index (Phi) is 4.90. The van der Waals surface area contributed by atoms with Crippen LogP contribution >= 0.6 is 0 Å². The fourth-order valence-electron chi connectivity index (χ4n) is 6.40. The lowest BCUT2D eigenvalue weighted by atomic mass is 9.99. The van der Waals surface area contributed by atoms with Gasteiger partial charge in [0.15, 0.2) is 28.1 Å². The van der Waals surface area contributed by atoms with Gasteiger partial charge in [0, 0.05) is 32.8 Å². The Balaban J connectivity index is 1.24. The van der Waals surface area contributed by atoms with E-state index in [9.17, 15) is 0 Å². The molecule has 0 radical (unpaired) electrons. The summed E-state index contributed by atoms with van der Waals surface area (Å²) < 4.78 is 19.0. The number of aromatic nitrogens is 3. The molecule has 0 unspecified atom stereocenters. The summed E-state index contributed by atoms with van der Waals surface area (Å²) in [6.07, 6.45) is 0. The van der Waals surface area contributed by atoms with Crippen molar-refractivity contribution < 1.29 is 13.3 Å². The van der Waals surface area contributed by atoms with Gasteiger partial charge in [-0.05, 0) is 59.3 Å². The minimum Gasteiger partial charge on any atom is -0.454 e. The first-order valence-electron chi connectivity index (χ1n) is 14.8. The normalized spacial score (nSPS) is 12.0. The van der Waals surface area contributed by atoms with Crippen LogP contribution in [0.2, 0.25) is 0 Å². The van der Waals surface area contributed by atoms with Crippen LogP contribution in [0.3, 0.4) is 0 Å². The van der Waals surface area contributed by atoms with Gasteiger partial charge in [0.2, 0.25) is 5.89 Å². The molecule has 0 saturated heterocycles. The highest BCUT2D eigenvalue weighted by molar-refractivity contribution is 6.23. The van der Waals surface area contributed by atoms with E-state index in [0.29, 0.717) is 34.0 Å². The third-order valence-electron chi connectivity index (χ3n) is 8.53. The number of hydrogen-bond donors (Lipinski definition) is 0. The molecule has 0 amide bonds. The molecule has 4 heterocycles. The van der Waals surface area contributed by atoms with E-state index in [1.54, 1.807) is 0 Å². The first-order valence-corrected chi connectivity index (χ1v) is 14.8. The SMILES string of the molecule is c1ccc(-c2nc(-c3ccc4ccc5oc6c(ccc7oc(-c8ccccc8)nc76)c5c4c3)c3oc4ccccc4c3n2)cc1. The Bertz CT molecular complexity index is 2760. The molecule has 0 aliphatic heterocycles. The number of hydrogen-bond acceptors (Lipinski definition) is 6. The lowest BCUT2D eigenvalue weighted by Gasteiger charge is -2.08. The lowest BCUT2D eigenvalue weighted by molar-refractivity contribution is 0.620. The second-order valence-electron chi connectivity index (χ2n) is 11.2. The first kappa shape index (κ1) is 24.2. The fourth-order valence-corrected chi connectivity index (χ4v) is 6.40. The van der Waals surface area contributed by atoms with Gasteiger partial charge in [-0.2, -0.15) is 0 Å². The molecule has 210 valence electrons. The molecule has 10 aromatic rings. The zero-order valence-electron chi connectivity index (χ0n) is 23.7. The molecule has 6 nitrogen and oxygen atoms in total. The van der Waals surface area contributed by atoms with Gasteiger partial charge in [0.05, 0.1) is 0 Å². The molecule has 4 aromatic heterocycles. The van der Waals surface area contributed by atoms with E-state index >= 15 is 0 Å². The fraction of sp³-hybridized carbons (Fsp3) is 0. The summed E-state index contributed by atoms with van der Waals surface area (Å²) in [7, 11) is 0. The Labute approximate surface area is 255 Å². The minimum atomic E-state index is 0.568. The smallest absolute Gasteiger partial charge is 0.227 e. The van der Waals surface area contributed by atoms with Crippen molar-refractivity contribution in [2.45, 2.75) is 0 Å². The summed E-state index contributed by atoms with van der Waals surface area (Å²) >= 11 is 0. The molecule has 6 heteroatoms. The van der Waals surface area contributed by atoms with Crippen LogP contribution in [-0.4, -0.2) is 15.0 Å². The highest BCUT2D eigenvalue weighted by atomic mass is 16.4. The van der Waals surface area contributed by atoms with Crippen molar-refractivity contribution in [3.8, 4) is 34.1 Å². The number of oxazole rings is 1. The standard InChI is InChI=1S/C39H21N3O3/c1-3-9-23(10-4-1)38-40-33(37-34(41-38)26-13-7-8-14-29(26)43-37)25-16-15-22-17-19-30-32(28(22)21-25)27-18-20-31-35(36(27)44-30)42-39(45-31)24-11-5-2-6-12-24/h1-21H. The van der Waals surface area contributed by atoms with Gasteiger partial charge >= 0.3 is 0 Å². The Morgan fingerprint density at radius 1 is 0.422 bits per heavy atom. The van der Waals surface area contributed by atoms with Crippen molar-refractivity contribution in [3.63, 3.8) is 0 Å². The number of benzene rings is 6. The third-order valence-corrected chi connectivity index (χ3v) is 8.53. The number of fused-ring (bicyclic) bond motifs is 10. The highest BCUT2D eigenvalue weighted by Gasteiger charge is 2.21. The van der Waals surface area contributed by atoms with Gasteiger partial charge in [0.1, 0.15) is 22.4 Å². The topological polar surface area (TPSA) is 78.1 Å². The molecule has 0 bridgehead atoms. The van der Waals surface area contributed by atoms with Crippen molar-refractivity contribution >= 4 is 65.9 Å². The summed E-state index contributed by atoms with van der Waals surface area (Å²) in [5.74, 6) is 1.22. The summed E-state index contributed by atoms with van der Waals surface area (Å²) in [6, 6.07) is 42.5. The molecule has 0 fully saturated rings. The predicted molar refractivity (Wildman–Crippen MR) is 178 cm³/mol. The van der Waals surface area contributed by atoms with Crippen LogP contribution in [-0.2, 0) is 0 Å². The summed E-state index contributed by atoms with van der Waals surface area (Å²) in [5.41, 5.74) is 8.67. The van der Waals surface area contributed by atoms with Crippen LogP contribution in [0.4, 0.5) is 0 Å². The molecule has 0 saturated carbocycles. The Morgan fingerprint density at radius 3 is 2.02 bits per heavy atom. The van der Waals surface area contributed by atoms with Crippen LogP contribution in [0.5, 0.6) is 0 Å². The van der Waals surface area contributed by atoms with Crippen molar-refractivity contribution in [1.29, 1.82) is 0 Å². The van der Waals surface area contributed by atoms with Crippen molar-refractivity contribution in [2.24, 2.45) is 0 Å². The van der Waals surface area contributed by atoms with Gasteiger partial charge in [-0.25, -0.2) is 15.0 Å². The van der Waals surface area contributed by atoms with E-state index in [1.807, 2.05) is 97.1 Å². The lowest BCUT2D eigenvalue weighted by Crippen LogP contribution is -1.94. The van der Waals surface area contributed by atoms with Crippen LogP contribution in [0.15, 0.2) is 141 Å². The van der Waals surface area contributed by atoms with E-state index in [0.717, 1.165) is 66.0 Å². The number of rotatable bonds is 3. The van der Waals surface area contributed by atoms with Gasteiger partial charge < -0.3 is 13.3 Å². The predicted octanol–water partition coefficient (Wildman–Crippen LogP) is 10.6. The number of nitrogens with zero attached hydrogens (tertiary/aromatic N) is 3. The summed E-state index contributed by atoms with van der Waals surface area (Å²) in [6.45, 7) is 0. The maximum atomic E-state index is 6.49. The van der Waals surface area contributed by atoms with E-state index in [1.165, 1.54) is 0 Å². The zero-order chi connectivity index (χ0) is 29.5. The average Bonchev–Trinajstić information content (AvgIpc) is 3.82. The van der Waals surface area contributed by atoms with E-state index in [-0.39, 0.29) is 0 Å². The van der Waals surface area contributed by atoms with Gasteiger partial charge in [-0.1, -0.05) is 78.9 Å². The maximum Gasteiger partial charge on any atom is 0.227 e. The van der Waals surface area contributed by atoms with Gasteiger partial charge in [0.25, 0.3) is 0 Å².